The van der Waals surface area contributed by atoms with Gasteiger partial charge in [0.2, 0.25) is 11.8 Å². The van der Waals surface area contributed by atoms with Gasteiger partial charge >= 0.3 is 0 Å². The first-order valence-corrected chi connectivity index (χ1v) is 9.27. The van der Waals surface area contributed by atoms with Crippen LogP contribution in [-0.2, 0) is 22.5 Å². The summed E-state index contributed by atoms with van der Waals surface area (Å²) in [6.45, 7) is 1.19. The minimum absolute atomic E-state index is 0. The van der Waals surface area contributed by atoms with Crippen LogP contribution < -0.4 is 5.73 Å². The van der Waals surface area contributed by atoms with Crippen molar-refractivity contribution in [3.05, 3.63) is 41.8 Å². The van der Waals surface area contributed by atoms with E-state index in [4.69, 9.17) is 14.9 Å². The molecule has 2 N–H and O–H groups in total. The number of rotatable bonds is 3. The van der Waals surface area contributed by atoms with Crippen LogP contribution >= 0.6 is 12.4 Å². The summed E-state index contributed by atoms with van der Waals surface area (Å²) in [6, 6.07) is 9.79. The van der Waals surface area contributed by atoms with Crippen LogP contribution in [0.3, 0.4) is 0 Å². The molecule has 3 atom stereocenters. The van der Waals surface area contributed by atoms with E-state index in [1.807, 2.05) is 35.2 Å². The lowest BCUT2D eigenvalue weighted by atomic mass is 9.83. The first-order chi connectivity index (χ1) is 12.7. The smallest absolute Gasteiger partial charge is 0.226 e. The first kappa shape index (κ1) is 19.9. The van der Waals surface area contributed by atoms with E-state index in [1.165, 1.54) is 0 Å². The number of halogens is 1. The fraction of sp³-hybridized carbons (Fsp3) is 0.500. The highest BCUT2D eigenvalue weighted by atomic mass is 35.5. The quantitative estimate of drug-likeness (QED) is 0.869. The number of methoxy groups -OCH3 is 1. The molecule has 1 aliphatic heterocycles. The topological polar surface area (TPSA) is 81.6 Å². The minimum atomic E-state index is -0.0696. The normalized spacial score (nSPS) is 24.8. The van der Waals surface area contributed by atoms with Crippen LogP contribution in [0.5, 0.6) is 0 Å². The number of oxazole rings is 1. The molecule has 6 nitrogen and oxygen atoms in total. The van der Waals surface area contributed by atoms with Crippen molar-refractivity contribution in [3.8, 4) is 11.5 Å². The van der Waals surface area contributed by atoms with Gasteiger partial charge in [-0.25, -0.2) is 4.98 Å². The number of aromatic nitrogens is 1. The lowest BCUT2D eigenvalue weighted by molar-refractivity contribution is -0.138. The van der Waals surface area contributed by atoms with E-state index in [-0.39, 0.29) is 36.4 Å². The standard InChI is InChI=1S/C20H25N3O3.ClH/c1-25-17-8-7-14(11-15(17)21)20(24)23-10-9-18-16(12-23)22-19(26-18)13-5-3-2-4-6-13;/h2-6,14-15,17H,7-12,21H2,1H3;1H/t14-,15+,17+;/m0./s1. The lowest BCUT2D eigenvalue weighted by Gasteiger charge is -2.35. The zero-order valence-electron chi connectivity index (χ0n) is 15.5. The molecule has 4 rings (SSSR count). The van der Waals surface area contributed by atoms with E-state index < -0.39 is 0 Å². The molecular weight excluding hydrogens is 366 g/mol. The molecule has 1 aromatic carbocycles. The number of amides is 1. The Morgan fingerprint density at radius 3 is 2.78 bits per heavy atom. The number of nitrogens with zero attached hydrogens (tertiary/aromatic N) is 2. The van der Waals surface area contributed by atoms with E-state index in [0.29, 0.717) is 31.8 Å². The van der Waals surface area contributed by atoms with Crippen LogP contribution in [0.25, 0.3) is 11.5 Å². The summed E-state index contributed by atoms with van der Waals surface area (Å²) in [5.41, 5.74) is 8.00. The number of hydrogen-bond donors (Lipinski definition) is 1. The van der Waals surface area contributed by atoms with Crippen molar-refractivity contribution in [2.75, 3.05) is 13.7 Å². The van der Waals surface area contributed by atoms with Crippen LogP contribution in [0.15, 0.2) is 34.7 Å². The molecule has 0 bridgehead atoms. The van der Waals surface area contributed by atoms with E-state index in [1.54, 1.807) is 7.11 Å². The summed E-state index contributed by atoms with van der Waals surface area (Å²) in [6.07, 6.45) is 3.14. The van der Waals surface area contributed by atoms with Gasteiger partial charge < -0.3 is 19.8 Å². The molecule has 146 valence electrons. The third-order valence-corrected chi connectivity index (χ3v) is 5.55. The molecule has 1 amide bonds. The molecule has 7 heteroatoms. The Hall–Kier alpha value is -1.89. The van der Waals surface area contributed by atoms with Gasteiger partial charge in [-0.15, -0.1) is 12.4 Å². The van der Waals surface area contributed by atoms with Gasteiger partial charge in [0.05, 0.1) is 12.6 Å². The fourth-order valence-electron chi connectivity index (χ4n) is 4.04. The Bertz CT molecular complexity index is 780. The SMILES string of the molecule is CO[C@@H]1CC[C@H](C(=O)N2CCc3oc(-c4ccccc4)nc3C2)C[C@H]1N.Cl. The van der Waals surface area contributed by atoms with Crippen LogP contribution in [0.4, 0.5) is 0 Å². The number of ether oxygens (including phenoxy) is 1. The molecule has 2 heterocycles. The maximum atomic E-state index is 13.0. The Morgan fingerprint density at radius 1 is 1.30 bits per heavy atom. The van der Waals surface area contributed by atoms with Gasteiger partial charge in [0.25, 0.3) is 0 Å². The molecule has 0 saturated heterocycles. The second-order valence-electron chi connectivity index (χ2n) is 7.21. The molecule has 0 spiro atoms. The van der Waals surface area contributed by atoms with Crippen molar-refractivity contribution in [2.45, 2.75) is 44.4 Å². The Morgan fingerprint density at radius 2 is 2.07 bits per heavy atom. The monoisotopic (exact) mass is 391 g/mol. The molecule has 0 radical (unpaired) electrons. The number of fused-ring (bicyclic) bond motifs is 1. The predicted octanol–water partition coefficient (Wildman–Crippen LogP) is 2.79. The van der Waals surface area contributed by atoms with Crippen molar-refractivity contribution in [1.82, 2.24) is 9.88 Å². The van der Waals surface area contributed by atoms with Crippen molar-refractivity contribution < 1.29 is 13.9 Å². The van der Waals surface area contributed by atoms with Gasteiger partial charge in [-0.2, -0.15) is 0 Å². The Balaban J connectivity index is 0.00000210. The molecule has 1 fully saturated rings. The highest BCUT2D eigenvalue weighted by Crippen LogP contribution is 2.30. The van der Waals surface area contributed by atoms with Crippen molar-refractivity contribution in [1.29, 1.82) is 0 Å². The van der Waals surface area contributed by atoms with Gasteiger partial charge in [0.15, 0.2) is 0 Å². The Kier molecular flexibility index (Phi) is 6.19. The lowest BCUT2D eigenvalue weighted by Crippen LogP contribution is -2.47. The van der Waals surface area contributed by atoms with Crippen molar-refractivity contribution in [2.24, 2.45) is 11.7 Å². The van der Waals surface area contributed by atoms with Gasteiger partial charge in [-0.1, -0.05) is 18.2 Å². The van der Waals surface area contributed by atoms with E-state index in [2.05, 4.69) is 4.98 Å². The molecule has 2 aromatic rings. The van der Waals surface area contributed by atoms with Crippen molar-refractivity contribution >= 4 is 18.3 Å². The molecule has 1 aromatic heterocycles. The molecule has 2 aliphatic rings. The maximum absolute atomic E-state index is 13.0. The zero-order chi connectivity index (χ0) is 18.1. The average molecular weight is 392 g/mol. The number of carbonyl (C=O) groups is 1. The number of nitrogens with two attached hydrogens (primary N) is 1. The second-order valence-corrected chi connectivity index (χ2v) is 7.21. The first-order valence-electron chi connectivity index (χ1n) is 9.27. The molecular formula is C20H26ClN3O3. The van der Waals surface area contributed by atoms with Gasteiger partial charge in [0.1, 0.15) is 11.5 Å². The van der Waals surface area contributed by atoms with E-state index in [9.17, 15) is 4.79 Å². The van der Waals surface area contributed by atoms with Crippen molar-refractivity contribution in [3.63, 3.8) is 0 Å². The minimum Gasteiger partial charge on any atom is -0.441 e. The average Bonchev–Trinajstić information content (AvgIpc) is 3.11. The highest BCUT2D eigenvalue weighted by Gasteiger charge is 2.35. The van der Waals surface area contributed by atoms with Crippen LogP contribution in [0, 0.1) is 5.92 Å². The third kappa shape index (κ3) is 4.03. The summed E-state index contributed by atoms with van der Waals surface area (Å²) in [7, 11) is 1.69. The van der Waals surface area contributed by atoms with E-state index in [0.717, 1.165) is 29.9 Å². The summed E-state index contributed by atoms with van der Waals surface area (Å²) in [4.78, 5) is 19.5. The molecule has 27 heavy (non-hydrogen) atoms. The predicted molar refractivity (Wildman–Crippen MR) is 104 cm³/mol. The fourth-order valence-corrected chi connectivity index (χ4v) is 4.04. The van der Waals surface area contributed by atoms with Crippen LogP contribution in [-0.4, -0.2) is 41.6 Å². The van der Waals surface area contributed by atoms with Gasteiger partial charge in [0, 0.05) is 37.6 Å². The summed E-state index contributed by atoms with van der Waals surface area (Å²) in [5, 5.41) is 0. The molecule has 1 aliphatic carbocycles. The number of hydrogen-bond acceptors (Lipinski definition) is 5. The summed E-state index contributed by atoms with van der Waals surface area (Å²) >= 11 is 0. The maximum Gasteiger partial charge on any atom is 0.226 e. The summed E-state index contributed by atoms with van der Waals surface area (Å²) in [5.74, 6) is 1.70. The Labute approximate surface area is 165 Å². The largest absolute Gasteiger partial charge is 0.441 e. The van der Waals surface area contributed by atoms with Gasteiger partial charge in [-0.05, 0) is 31.4 Å². The number of carbonyl (C=O) groups excluding carboxylic acids is 1. The van der Waals surface area contributed by atoms with Crippen LogP contribution in [0.2, 0.25) is 0 Å². The second kappa shape index (κ2) is 8.42. The summed E-state index contributed by atoms with van der Waals surface area (Å²) < 4.78 is 11.3. The highest BCUT2D eigenvalue weighted by molar-refractivity contribution is 5.85. The van der Waals surface area contributed by atoms with Crippen LogP contribution in [0.1, 0.15) is 30.7 Å². The third-order valence-electron chi connectivity index (χ3n) is 5.55. The molecule has 1 saturated carbocycles. The zero-order valence-corrected chi connectivity index (χ0v) is 16.3. The number of benzene rings is 1. The molecule has 0 unspecified atom stereocenters. The van der Waals surface area contributed by atoms with Gasteiger partial charge in [-0.3, -0.25) is 4.79 Å². The van der Waals surface area contributed by atoms with E-state index >= 15 is 0 Å².